The van der Waals surface area contributed by atoms with E-state index in [1.807, 2.05) is 0 Å². The molecule has 1 fully saturated rings. The van der Waals surface area contributed by atoms with Crippen LogP contribution < -0.4 is 5.32 Å². The lowest BCUT2D eigenvalue weighted by molar-refractivity contribution is -0.385. The molecule has 0 amide bonds. The molecule has 0 spiro atoms. The molecule has 1 aliphatic rings. The average molecular weight is 291 g/mol. The van der Waals surface area contributed by atoms with E-state index in [4.69, 9.17) is 10.00 Å². The van der Waals surface area contributed by atoms with Crippen LogP contribution in [-0.2, 0) is 4.74 Å². The summed E-state index contributed by atoms with van der Waals surface area (Å²) in [4.78, 5) is 16.4. The molecule has 1 saturated heterocycles. The van der Waals surface area contributed by atoms with Gasteiger partial charge in [-0.25, -0.2) is 4.98 Å². The summed E-state index contributed by atoms with van der Waals surface area (Å²) < 4.78 is 5.28. The van der Waals surface area contributed by atoms with E-state index in [9.17, 15) is 10.1 Å². The molecular formula is C13H17N5O3. The molecule has 2 heterocycles. The Bertz CT molecular complexity index is 537. The Morgan fingerprint density at radius 1 is 1.48 bits per heavy atom. The fourth-order valence-electron chi connectivity index (χ4n) is 2.12. The maximum absolute atomic E-state index is 10.7. The Labute approximate surface area is 122 Å². The molecule has 0 atom stereocenters. The first-order valence-corrected chi connectivity index (χ1v) is 6.80. The third-order valence-corrected chi connectivity index (χ3v) is 3.24. The third kappa shape index (κ3) is 4.37. The highest BCUT2D eigenvalue weighted by Crippen LogP contribution is 2.17. The van der Waals surface area contributed by atoms with Gasteiger partial charge in [-0.2, -0.15) is 5.26 Å². The molecule has 1 N–H and O–H groups in total. The second-order valence-corrected chi connectivity index (χ2v) is 4.67. The number of nitrogens with zero attached hydrogens (tertiary/aromatic N) is 4. The van der Waals surface area contributed by atoms with Crippen molar-refractivity contribution >= 4 is 11.5 Å². The molecule has 8 heteroatoms. The van der Waals surface area contributed by atoms with Gasteiger partial charge in [0.2, 0.25) is 5.69 Å². The van der Waals surface area contributed by atoms with Crippen LogP contribution in [0.3, 0.4) is 0 Å². The van der Waals surface area contributed by atoms with Gasteiger partial charge in [-0.15, -0.1) is 0 Å². The van der Waals surface area contributed by atoms with Crippen molar-refractivity contribution in [3.63, 3.8) is 0 Å². The average Bonchev–Trinajstić information content (AvgIpc) is 2.52. The van der Waals surface area contributed by atoms with Gasteiger partial charge in [0.05, 0.1) is 18.1 Å². The quantitative estimate of drug-likeness (QED) is 0.473. The SMILES string of the molecule is N#Cc1nc(NCCCN2CCOCC2)ccc1[N+](=O)[O-]. The summed E-state index contributed by atoms with van der Waals surface area (Å²) in [5, 5.41) is 22.7. The van der Waals surface area contributed by atoms with E-state index >= 15 is 0 Å². The minimum absolute atomic E-state index is 0.168. The summed E-state index contributed by atoms with van der Waals surface area (Å²) in [7, 11) is 0. The zero-order chi connectivity index (χ0) is 15.1. The van der Waals surface area contributed by atoms with Crippen LogP contribution in [0.4, 0.5) is 11.5 Å². The summed E-state index contributed by atoms with van der Waals surface area (Å²) in [5.41, 5.74) is -0.436. The number of nitrogens with one attached hydrogen (secondary N) is 1. The van der Waals surface area contributed by atoms with Crippen LogP contribution in [0.1, 0.15) is 12.1 Å². The molecule has 0 bridgehead atoms. The van der Waals surface area contributed by atoms with E-state index in [0.717, 1.165) is 39.3 Å². The Morgan fingerprint density at radius 2 is 2.24 bits per heavy atom. The summed E-state index contributed by atoms with van der Waals surface area (Å²) in [6, 6.07) is 4.57. The molecule has 21 heavy (non-hydrogen) atoms. The third-order valence-electron chi connectivity index (χ3n) is 3.24. The van der Waals surface area contributed by atoms with Gasteiger partial charge in [-0.1, -0.05) is 0 Å². The van der Waals surface area contributed by atoms with Crippen molar-refractivity contribution in [1.82, 2.24) is 9.88 Å². The molecule has 0 aliphatic carbocycles. The van der Waals surface area contributed by atoms with Gasteiger partial charge in [-0.05, 0) is 19.0 Å². The molecule has 8 nitrogen and oxygen atoms in total. The van der Waals surface area contributed by atoms with Crippen LogP contribution >= 0.6 is 0 Å². The second-order valence-electron chi connectivity index (χ2n) is 4.67. The van der Waals surface area contributed by atoms with Gasteiger partial charge in [0.1, 0.15) is 11.9 Å². The predicted octanol–water partition coefficient (Wildman–Crippen LogP) is 0.996. The molecule has 0 unspecified atom stereocenters. The fourth-order valence-corrected chi connectivity index (χ4v) is 2.12. The first kappa shape index (κ1) is 15.2. The first-order valence-electron chi connectivity index (χ1n) is 6.80. The summed E-state index contributed by atoms with van der Waals surface area (Å²) in [6.07, 6.45) is 0.931. The molecule has 112 valence electrons. The Hall–Kier alpha value is -2.24. The minimum Gasteiger partial charge on any atom is -0.379 e. The highest BCUT2D eigenvalue weighted by molar-refractivity contribution is 5.50. The van der Waals surface area contributed by atoms with Gasteiger partial charge < -0.3 is 10.1 Å². The van der Waals surface area contributed by atoms with Crippen molar-refractivity contribution in [3.05, 3.63) is 27.9 Å². The van der Waals surface area contributed by atoms with Gasteiger partial charge in [0.15, 0.2) is 0 Å². The normalized spacial score (nSPS) is 15.4. The zero-order valence-corrected chi connectivity index (χ0v) is 11.6. The highest BCUT2D eigenvalue weighted by atomic mass is 16.6. The molecule has 0 radical (unpaired) electrons. The van der Waals surface area contributed by atoms with Crippen molar-refractivity contribution in [2.24, 2.45) is 0 Å². The summed E-state index contributed by atoms with van der Waals surface area (Å²) >= 11 is 0. The van der Waals surface area contributed by atoms with E-state index in [1.165, 1.54) is 12.1 Å². The van der Waals surface area contributed by atoms with Gasteiger partial charge >= 0.3 is 5.69 Å². The maximum atomic E-state index is 10.7. The van der Waals surface area contributed by atoms with Crippen molar-refractivity contribution < 1.29 is 9.66 Å². The number of aromatic nitrogens is 1. The Kier molecular flexibility index (Phi) is 5.43. The van der Waals surface area contributed by atoms with E-state index in [1.54, 1.807) is 6.07 Å². The highest BCUT2D eigenvalue weighted by Gasteiger charge is 2.15. The van der Waals surface area contributed by atoms with Crippen LogP contribution in [-0.4, -0.2) is 54.2 Å². The second kappa shape index (κ2) is 7.52. The minimum atomic E-state index is -0.603. The molecule has 1 aromatic rings. The van der Waals surface area contributed by atoms with Crippen molar-refractivity contribution in [1.29, 1.82) is 5.26 Å². The van der Waals surface area contributed by atoms with E-state index in [0.29, 0.717) is 12.4 Å². The topological polar surface area (TPSA) is 104 Å². The molecule has 2 rings (SSSR count). The zero-order valence-electron chi connectivity index (χ0n) is 11.6. The Morgan fingerprint density at radius 3 is 2.90 bits per heavy atom. The van der Waals surface area contributed by atoms with Crippen LogP contribution in [0.25, 0.3) is 0 Å². The molecule has 0 aromatic carbocycles. The van der Waals surface area contributed by atoms with Crippen LogP contribution in [0.2, 0.25) is 0 Å². The molecule has 1 aliphatic heterocycles. The number of nitriles is 1. The van der Waals surface area contributed by atoms with Crippen molar-refractivity contribution in [2.75, 3.05) is 44.7 Å². The molecule has 1 aromatic heterocycles. The van der Waals surface area contributed by atoms with E-state index in [-0.39, 0.29) is 11.4 Å². The van der Waals surface area contributed by atoms with Crippen molar-refractivity contribution in [3.8, 4) is 6.07 Å². The summed E-state index contributed by atoms with van der Waals surface area (Å²) in [6.45, 7) is 5.13. The van der Waals surface area contributed by atoms with Crippen LogP contribution in [0, 0.1) is 21.4 Å². The number of anilines is 1. The standard InChI is InChI=1S/C13H17N5O3/c14-10-11-12(18(19)20)2-3-13(16-11)15-4-1-5-17-6-8-21-9-7-17/h2-3H,1,4-9H2,(H,15,16). The van der Waals surface area contributed by atoms with Gasteiger partial charge in [-0.3, -0.25) is 15.0 Å². The van der Waals surface area contributed by atoms with Gasteiger partial charge in [0.25, 0.3) is 0 Å². The number of hydrogen-bond donors (Lipinski definition) is 1. The summed E-state index contributed by atoms with van der Waals surface area (Å²) in [5.74, 6) is 0.485. The fraction of sp³-hybridized carbons (Fsp3) is 0.538. The van der Waals surface area contributed by atoms with E-state index in [2.05, 4.69) is 15.2 Å². The number of ether oxygens (including phenoxy) is 1. The molecular weight excluding hydrogens is 274 g/mol. The van der Waals surface area contributed by atoms with Crippen LogP contribution in [0.15, 0.2) is 12.1 Å². The van der Waals surface area contributed by atoms with Crippen molar-refractivity contribution in [2.45, 2.75) is 6.42 Å². The lowest BCUT2D eigenvalue weighted by Gasteiger charge is -2.26. The Balaban J connectivity index is 1.80. The number of morpholine rings is 1. The maximum Gasteiger partial charge on any atom is 0.305 e. The van der Waals surface area contributed by atoms with E-state index < -0.39 is 4.92 Å². The monoisotopic (exact) mass is 291 g/mol. The molecule has 0 saturated carbocycles. The number of hydrogen-bond acceptors (Lipinski definition) is 7. The number of rotatable bonds is 6. The lowest BCUT2D eigenvalue weighted by atomic mass is 10.3. The number of nitro groups is 1. The number of pyridine rings is 1. The smallest absolute Gasteiger partial charge is 0.305 e. The van der Waals surface area contributed by atoms with Gasteiger partial charge in [0, 0.05) is 25.7 Å². The predicted molar refractivity (Wildman–Crippen MR) is 76.0 cm³/mol. The van der Waals surface area contributed by atoms with Crippen LogP contribution in [0.5, 0.6) is 0 Å². The lowest BCUT2D eigenvalue weighted by Crippen LogP contribution is -2.37. The first-order chi connectivity index (χ1) is 10.2. The largest absolute Gasteiger partial charge is 0.379 e.